The smallest absolute Gasteiger partial charge is 0.270 e. The normalized spacial score (nSPS) is 10.0. The molecular formula is C10H7N3O3. The van der Waals surface area contributed by atoms with E-state index in [9.17, 15) is 14.9 Å². The molecule has 0 aliphatic carbocycles. The molecule has 0 radical (unpaired) electrons. The van der Waals surface area contributed by atoms with Gasteiger partial charge in [0.1, 0.15) is 5.82 Å². The number of hydrogen-bond donors (Lipinski definition) is 1. The molecule has 0 aliphatic rings. The zero-order valence-corrected chi connectivity index (χ0v) is 8.08. The second-order valence-corrected chi connectivity index (χ2v) is 3.08. The standard InChI is InChI=1S/C10H7N3O3/c14-6-7-5-8(13(15)16)1-2-9(7)10-11-3-4-12-10/h1-6H,(H,11,12). The van der Waals surface area contributed by atoms with Crippen LogP contribution in [0, 0.1) is 10.1 Å². The number of nitrogens with one attached hydrogen (secondary N) is 1. The number of carbonyl (C=O) groups excluding carboxylic acids is 1. The number of aromatic amines is 1. The minimum absolute atomic E-state index is 0.114. The Morgan fingerprint density at radius 1 is 1.44 bits per heavy atom. The molecule has 6 nitrogen and oxygen atoms in total. The zero-order chi connectivity index (χ0) is 11.5. The van der Waals surface area contributed by atoms with Crippen LogP contribution in [0.15, 0.2) is 30.6 Å². The third-order valence-electron chi connectivity index (χ3n) is 2.13. The van der Waals surface area contributed by atoms with E-state index in [4.69, 9.17) is 0 Å². The third kappa shape index (κ3) is 1.68. The zero-order valence-electron chi connectivity index (χ0n) is 8.08. The van der Waals surface area contributed by atoms with Gasteiger partial charge in [0.25, 0.3) is 5.69 Å². The van der Waals surface area contributed by atoms with E-state index in [1.807, 2.05) is 0 Å². The van der Waals surface area contributed by atoms with Gasteiger partial charge < -0.3 is 4.98 Å². The van der Waals surface area contributed by atoms with E-state index in [-0.39, 0.29) is 11.3 Å². The molecule has 2 aromatic rings. The molecule has 0 unspecified atom stereocenters. The Kier molecular flexibility index (Phi) is 2.47. The van der Waals surface area contributed by atoms with Gasteiger partial charge in [-0.3, -0.25) is 14.9 Å². The number of aldehydes is 1. The Bertz CT molecular complexity index is 534. The van der Waals surface area contributed by atoms with Gasteiger partial charge in [-0.25, -0.2) is 4.98 Å². The maximum Gasteiger partial charge on any atom is 0.270 e. The summed E-state index contributed by atoms with van der Waals surface area (Å²) in [5.74, 6) is 0.511. The lowest BCUT2D eigenvalue weighted by Gasteiger charge is -2.00. The van der Waals surface area contributed by atoms with Gasteiger partial charge in [-0.15, -0.1) is 0 Å². The predicted octanol–water partition coefficient (Wildman–Crippen LogP) is 1.80. The highest BCUT2D eigenvalue weighted by atomic mass is 16.6. The van der Waals surface area contributed by atoms with Crippen molar-refractivity contribution in [2.75, 3.05) is 0 Å². The molecule has 0 aliphatic heterocycles. The molecule has 0 saturated heterocycles. The summed E-state index contributed by atoms with van der Waals surface area (Å²) < 4.78 is 0. The van der Waals surface area contributed by atoms with E-state index in [1.165, 1.54) is 18.2 Å². The molecular weight excluding hydrogens is 210 g/mol. The number of benzene rings is 1. The van der Waals surface area contributed by atoms with E-state index in [2.05, 4.69) is 9.97 Å². The molecule has 1 aromatic carbocycles. The largest absolute Gasteiger partial charge is 0.345 e. The van der Waals surface area contributed by atoms with Crippen LogP contribution in [0.3, 0.4) is 0 Å². The first kappa shape index (κ1) is 10.0. The van der Waals surface area contributed by atoms with Gasteiger partial charge in [-0.05, 0) is 6.07 Å². The van der Waals surface area contributed by atoms with E-state index in [0.29, 0.717) is 17.7 Å². The van der Waals surface area contributed by atoms with E-state index in [0.717, 1.165) is 0 Å². The second kappa shape index (κ2) is 3.93. The van der Waals surface area contributed by atoms with Gasteiger partial charge in [-0.1, -0.05) is 0 Å². The van der Waals surface area contributed by atoms with E-state index >= 15 is 0 Å². The lowest BCUT2D eigenvalue weighted by atomic mass is 10.1. The molecule has 6 heteroatoms. The van der Waals surface area contributed by atoms with Crippen molar-refractivity contribution in [3.63, 3.8) is 0 Å². The lowest BCUT2D eigenvalue weighted by molar-refractivity contribution is -0.384. The van der Waals surface area contributed by atoms with Gasteiger partial charge >= 0.3 is 0 Å². The van der Waals surface area contributed by atoms with Crippen molar-refractivity contribution in [3.8, 4) is 11.4 Å². The molecule has 0 spiro atoms. The van der Waals surface area contributed by atoms with Crippen LogP contribution in [0.5, 0.6) is 0 Å². The molecule has 0 saturated carbocycles. The molecule has 0 fully saturated rings. The lowest BCUT2D eigenvalue weighted by Crippen LogP contribution is -1.93. The molecule has 0 bridgehead atoms. The summed E-state index contributed by atoms with van der Waals surface area (Å²) in [6.45, 7) is 0. The van der Waals surface area contributed by atoms with Crippen LogP contribution in [-0.2, 0) is 0 Å². The molecule has 1 aromatic heterocycles. The Morgan fingerprint density at radius 2 is 2.25 bits per heavy atom. The van der Waals surface area contributed by atoms with Gasteiger partial charge in [0.2, 0.25) is 0 Å². The molecule has 2 rings (SSSR count). The van der Waals surface area contributed by atoms with Gasteiger partial charge in [0.15, 0.2) is 6.29 Å². The highest BCUT2D eigenvalue weighted by Crippen LogP contribution is 2.23. The van der Waals surface area contributed by atoms with Gasteiger partial charge in [0.05, 0.1) is 4.92 Å². The number of nitro groups is 1. The summed E-state index contributed by atoms with van der Waals surface area (Å²) in [7, 11) is 0. The van der Waals surface area contributed by atoms with Crippen molar-refractivity contribution in [1.29, 1.82) is 0 Å². The Balaban J connectivity index is 2.56. The van der Waals surface area contributed by atoms with Gasteiger partial charge in [0, 0.05) is 35.7 Å². The van der Waals surface area contributed by atoms with Crippen molar-refractivity contribution in [2.24, 2.45) is 0 Å². The SMILES string of the molecule is O=Cc1cc([N+](=O)[O-])ccc1-c1ncc[nH]1. The molecule has 0 amide bonds. The number of H-pyrrole nitrogens is 1. The summed E-state index contributed by atoms with van der Waals surface area (Å²) in [5.41, 5.74) is 0.673. The first-order valence-corrected chi connectivity index (χ1v) is 4.45. The maximum absolute atomic E-state index is 10.8. The molecule has 0 atom stereocenters. The van der Waals surface area contributed by atoms with E-state index in [1.54, 1.807) is 12.4 Å². The molecule has 1 N–H and O–H groups in total. The van der Waals surface area contributed by atoms with Crippen molar-refractivity contribution in [2.45, 2.75) is 0 Å². The topological polar surface area (TPSA) is 88.9 Å². The monoisotopic (exact) mass is 217 g/mol. The van der Waals surface area contributed by atoms with Crippen molar-refractivity contribution in [3.05, 3.63) is 46.3 Å². The Hall–Kier alpha value is -2.50. The van der Waals surface area contributed by atoms with Crippen molar-refractivity contribution < 1.29 is 9.72 Å². The number of hydrogen-bond acceptors (Lipinski definition) is 4. The third-order valence-corrected chi connectivity index (χ3v) is 2.13. The summed E-state index contributed by atoms with van der Waals surface area (Å²) in [6.07, 6.45) is 3.74. The van der Waals surface area contributed by atoms with Crippen LogP contribution in [-0.4, -0.2) is 21.2 Å². The summed E-state index contributed by atoms with van der Waals surface area (Å²) in [4.78, 5) is 27.6. The predicted molar refractivity (Wildman–Crippen MR) is 56.1 cm³/mol. The summed E-state index contributed by atoms with van der Waals surface area (Å²) >= 11 is 0. The van der Waals surface area contributed by atoms with Crippen LogP contribution in [0.2, 0.25) is 0 Å². The fraction of sp³-hybridized carbons (Fsp3) is 0. The number of non-ortho nitro benzene ring substituents is 1. The summed E-state index contributed by atoms with van der Waals surface area (Å²) in [5, 5.41) is 10.5. The van der Waals surface area contributed by atoms with Crippen molar-refractivity contribution >= 4 is 12.0 Å². The van der Waals surface area contributed by atoms with Crippen LogP contribution in [0.1, 0.15) is 10.4 Å². The second-order valence-electron chi connectivity index (χ2n) is 3.08. The van der Waals surface area contributed by atoms with Crippen LogP contribution >= 0.6 is 0 Å². The minimum atomic E-state index is -0.543. The number of aromatic nitrogens is 2. The van der Waals surface area contributed by atoms with Crippen LogP contribution in [0.4, 0.5) is 5.69 Å². The average molecular weight is 217 g/mol. The first-order chi connectivity index (χ1) is 7.72. The Labute approximate surface area is 90.1 Å². The number of imidazole rings is 1. The minimum Gasteiger partial charge on any atom is -0.345 e. The number of rotatable bonds is 3. The fourth-order valence-electron chi connectivity index (χ4n) is 1.39. The highest BCUT2D eigenvalue weighted by molar-refractivity contribution is 5.86. The fourth-order valence-corrected chi connectivity index (χ4v) is 1.39. The van der Waals surface area contributed by atoms with Crippen LogP contribution in [0.25, 0.3) is 11.4 Å². The number of carbonyl (C=O) groups is 1. The average Bonchev–Trinajstić information content (AvgIpc) is 2.81. The van der Waals surface area contributed by atoms with Crippen molar-refractivity contribution in [1.82, 2.24) is 9.97 Å². The number of nitrogens with zero attached hydrogens (tertiary/aromatic N) is 2. The molecule has 16 heavy (non-hydrogen) atoms. The first-order valence-electron chi connectivity index (χ1n) is 4.45. The molecule has 80 valence electrons. The number of nitro benzene ring substituents is 1. The highest BCUT2D eigenvalue weighted by Gasteiger charge is 2.12. The molecule has 1 heterocycles. The van der Waals surface area contributed by atoms with E-state index < -0.39 is 4.92 Å². The Morgan fingerprint density at radius 3 is 2.81 bits per heavy atom. The quantitative estimate of drug-likeness (QED) is 0.482. The van der Waals surface area contributed by atoms with Gasteiger partial charge in [-0.2, -0.15) is 0 Å². The maximum atomic E-state index is 10.8. The summed E-state index contributed by atoms with van der Waals surface area (Å²) in [6, 6.07) is 4.07. The van der Waals surface area contributed by atoms with Crippen LogP contribution < -0.4 is 0 Å².